The summed E-state index contributed by atoms with van der Waals surface area (Å²) in [5, 5.41) is 0. The van der Waals surface area contributed by atoms with Gasteiger partial charge in [-0.15, -0.1) is 0 Å². The van der Waals surface area contributed by atoms with Crippen LogP contribution in [-0.4, -0.2) is 70.8 Å². The van der Waals surface area contributed by atoms with Crippen LogP contribution in [0.15, 0.2) is 23.1 Å². The van der Waals surface area contributed by atoms with Gasteiger partial charge in [0.05, 0.1) is 4.90 Å². The predicted molar refractivity (Wildman–Crippen MR) is 95.4 cm³/mol. The smallest absolute Gasteiger partial charge is 0.240 e. The van der Waals surface area contributed by atoms with Crippen molar-refractivity contribution in [1.82, 2.24) is 14.5 Å². The molecular weight excluding hydrogens is 342 g/mol. The highest BCUT2D eigenvalue weighted by atomic mass is 32.2. The monoisotopic (exact) mass is 369 g/mol. The Kier molecular flexibility index (Phi) is 5.52. The molecule has 1 aromatic carbocycles. The molecule has 1 saturated heterocycles. The van der Waals surface area contributed by atoms with E-state index in [2.05, 4.69) is 35.4 Å². The Hall–Kier alpha value is -1.35. The number of ether oxygens (including phenoxy) is 2. The molecule has 2 heterocycles. The third kappa shape index (κ3) is 4.25. The molecular formula is C17H27N3O4S. The van der Waals surface area contributed by atoms with Crippen molar-refractivity contribution in [2.24, 2.45) is 5.92 Å². The van der Waals surface area contributed by atoms with Gasteiger partial charge in [0.2, 0.25) is 16.8 Å². The van der Waals surface area contributed by atoms with E-state index in [4.69, 9.17) is 9.47 Å². The first kappa shape index (κ1) is 18.4. The molecule has 1 unspecified atom stereocenters. The van der Waals surface area contributed by atoms with Crippen LogP contribution in [0.25, 0.3) is 0 Å². The highest BCUT2D eigenvalue weighted by molar-refractivity contribution is 7.89. The summed E-state index contributed by atoms with van der Waals surface area (Å²) in [4.78, 5) is 4.88. The van der Waals surface area contributed by atoms with Gasteiger partial charge in [0.1, 0.15) is 0 Å². The minimum Gasteiger partial charge on any atom is -0.454 e. The van der Waals surface area contributed by atoms with Gasteiger partial charge in [-0.1, -0.05) is 13.8 Å². The molecule has 1 fully saturated rings. The predicted octanol–water partition coefficient (Wildman–Crippen LogP) is 0.966. The lowest BCUT2D eigenvalue weighted by atomic mass is 10.0. The number of hydrogen-bond acceptors (Lipinski definition) is 6. The van der Waals surface area contributed by atoms with Crippen molar-refractivity contribution in [3.8, 4) is 11.5 Å². The summed E-state index contributed by atoms with van der Waals surface area (Å²) in [5.41, 5.74) is 0. The Morgan fingerprint density at radius 1 is 1.12 bits per heavy atom. The number of nitrogens with one attached hydrogen (secondary N) is 1. The normalized spacial score (nSPS) is 20.2. The van der Waals surface area contributed by atoms with E-state index in [9.17, 15) is 8.42 Å². The summed E-state index contributed by atoms with van der Waals surface area (Å²) in [6.45, 7) is 8.76. The average molecular weight is 369 g/mol. The molecule has 1 aromatic rings. The first-order valence-corrected chi connectivity index (χ1v) is 10.2. The van der Waals surface area contributed by atoms with Gasteiger partial charge in [-0.3, -0.25) is 4.90 Å². The first-order valence-electron chi connectivity index (χ1n) is 8.69. The Morgan fingerprint density at radius 2 is 1.80 bits per heavy atom. The Morgan fingerprint density at radius 3 is 2.48 bits per heavy atom. The van der Waals surface area contributed by atoms with Crippen LogP contribution in [0.1, 0.15) is 13.8 Å². The fourth-order valence-electron chi connectivity index (χ4n) is 3.26. The molecule has 7 nitrogen and oxygen atoms in total. The van der Waals surface area contributed by atoms with Crippen LogP contribution in [-0.2, 0) is 10.0 Å². The number of fused-ring (bicyclic) bond motifs is 1. The summed E-state index contributed by atoms with van der Waals surface area (Å²) in [7, 11) is -1.47. The molecule has 2 aliphatic rings. The van der Waals surface area contributed by atoms with Gasteiger partial charge in [0, 0.05) is 44.8 Å². The molecule has 1 atom stereocenters. The first-order chi connectivity index (χ1) is 11.9. The summed E-state index contributed by atoms with van der Waals surface area (Å²) in [6, 6.07) is 4.88. The molecule has 3 rings (SSSR count). The maximum Gasteiger partial charge on any atom is 0.240 e. The quantitative estimate of drug-likeness (QED) is 0.806. The van der Waals surface area contributed by atoms with E-state index in [0.717, 1.165) is 26.2 Å². The van der Waals surface area contributed by atoms with Crippen LogP contribution >= 0.6 is 0 Å². The van der Waals surface area contributed by atoms with Crippen LogP contribution in [0.4, 0.5) is 0 Å². The number of hydrogen-bond donors (Lipinski definition) is 1. The molecule has 25 heavy (non-hydrogen) atoms. The second-order valence-electron chi connectivity index (χ2n) is 7.02. The van der Waals surface area contributed by atoms with Crippen molar-refractivity contribution < 1.29 is 17.9 Å². The molecule has 2 aliphatic heterocycles. The molecule has 0 spiro atoms. The molecule has 0 aliphatic carbocycles. The largest absolute Gasteiger partial charge is 0.454 e. The minimum atomic E-state index is -3.58. The molecule has 0 radical (unpaired) electrons. The number of sulfonamides is 1. The zero-order valence-corrected chi connectivity index (χ0v) is 15.9. The van der Waals surface area contributed by atoms with E-state index in [-0.39, 0.29) is 17.7 Å². The van der Waals surface area contributed by atoms with E-state index < -0.39 is 10.0 Å². The Labute approximate surface area is 149 Å². The fourth-order valence-corrected chi connectivity index (χ4v) is 4.33. The van der Waals surface area contributed by atoms with E-state index in [1.165, 1.54) is 6.07 Å². The third-order valence-electron chi connectivity index (χ3n) is 4.91. The van der Waals surface area contributed by atoms with Crippen LogP contribution in [0.2, 0.25) is 0 Å². The standard InChI is InChI=1S/C17H27N3O4S/c1-13(2)15(20-8-6-19(3)7-9-20)11-18-25(21,22)14-4-5-16-17(10-14)24-12-23-16/h4-5,10,13,15,18H,6-9,11-12H2,1-3H3. The lowest BCUT2D eigenvalue weighted by molar-refractivity contribution is 0.0905. The summed E-state index contributed by atoms with van der Waals surface area (Å²) < 4.78 is 38.6. The highest BCUT2D eigenvalue weighted by Gasteiger charge is 2.27. The molecule has 8 heteroatoms. The van der Waals surface area contributed by atoms with Gasteiger partial charge in [-0.05, 0) is 25.1 Å². The molecule has 1 N–H and O–H groups in total. The number of benzene rings is 1. The van der Waals surface area contributed by atoms with Gasteiger partial charge in [-0.25, -0.2) is 13.1 Å². The fraction of sp³-hybridized carbons (Fsp3) is 0.647. The van der Waals surface area contributed by atoms with Gasteiger partial charge < -0.3 is 14.4 Å². The van der Waals surface area contributed by atoms with Crippen molar-refractivity contribution in [2.45, 2.75) is 24.8 Å². The van der Waals surface area contributed by atoms with Crippen molar-refractivity contribution >= 4 is 10.0 Å². The van der Waals surface area contributed by atoms with Crippen molar-refractivity contribution in [3.63, 3.8) is 0 Å². The zero-order chi connectivity index (χ0) is 18.0. The molecule has 0 bridgehead atoms. The van der Waals surface area contributed by atoms with Crippen LogP contribution in [0.3, 0.4) is 0 Å². The zero-order valence-electron chi connectivity index (χ0n) is 15.1. The maximum absolute atomic E-state index is 12.7. The third-order valence-corrected chi connectivity index (χ3v) is 6.33. The van der Waals surface area contributed by atoms with Crippen LogP contribution < -0.4 is 14.2 Å². The number of likely N-dealkylation sites (N-methyl/N-ethyl adjacent to an activating group) is 1. The Balaban J connectivity index is 1.67. The number of piperazine rings is 1. The van der Waals surface area contributed by atoms with Crippen LogP contribution in [0.5, 0.6) is 11.5 Å². The average Bonchev–Trinajstić information content (AvgIpc) is 3.04. The van der Waals surface area contributed by atoms with E-state index in [0.29, 0.717) is 24.0 Å². The summed E-state index contributed by atoms with van der Waals surface area (Å²) >= 11 is 0. The SMILES string of the molecule is CC(C)C(CNS(=O)(=O)c1ccc2c(c1)OCO2)N1CCN(C)CC1. The molecule has 0 saturated carbocycles. The minimum absolute atomic E-state index is 0.130. The molecule has 0 aromatic heterocycles. The van der Waals surface area contributed by atoms with Crippen molar-refractivity contribution in [2.75, 3.05) is 46.6 Å². The second kappa shape index (κ2) is 7.49. The lowest BCUT2D eigenvalue weighted by Crippen LogP contribution is -2.54. The second-order valence-corrected chi connectivity index (χ2v) is 8.78. The van der Waals surface area contributed by atoms with Gasteiger partial charge in [-0.2, -0.15) is 0 Å². The van der Waals surface area contributed by atoms with Gasteiger partial charge >= 0.3 is 0 Å². The Bertz CT molecular complexity index is 700. The number of nitrogens with zero attached hydrogens (tertiary/aromatic N) is 2. The van der Waals surface area contributed by atoms with Crippen molar-refractivity contribution in [1.29, 1.82) is 0 Å². The summed E-state index contributed by atoms with van der Waals surface area (Å²) in [6.07, 6.45) is 0. The van der Waals surface area contributed by atoms with E-state index in [1.807, 2.05) is 0 Å². The van der Waals surface area contributed by atoms with Crippen LogP contribution in [0, 0.1) is 5.92 Å². The van der Waals surface area contributed by atoms with E-state index >= 15 is 0 Å². The maximum atomic E-state index is 12.7. The lowest BCUT2D eigenvalue weighted by Gasteiger charge is -2.39. The van der Waals surface area contributed by atoms with Gasteiger partial charge in [0.15, 0.2) is 11.5 Å². The molecule has 0 amide bonds. The van der Waals surface area contributed by atoms with Crippen molar-refractivity contribution in [3.05, 3.63) is 18.2 Å². The van der Waals surface area contributed by atoms with E-state index in [1.54, 1.807) is 12.1 Å². The number of rotatable bonds is 6. The van der Waals surface area contributed by atoms with Gasteiger partial charge in [0.25, 0.3) is 0 Å². The highest BCUT2D eigenvalue weighted by Crippen LogP contribution is 2.33. The molecule has 140 valence electrons. The topological polar surface area (TPSA) is 71.1 Å². The summed E-state index contributed by atoms with van der Waals surface area (Å²) in [5.74, 6) is 1.42.